The molecule has 0 radical (unpaired) electrons. The first kappa shape index (κ1) is 15.5. The number of hydrogen-bond donors (Lipinski definition) is 1. The maximum Gasteiger partial charge on any atom is 0.273 e. The van der Waals surface area contributed by atoms with Gasteiger partial charge in [-0.15, -0.1) is 0 Å². The molecule has 114 valence electrons. The molecule has 0 aliphatic rings. The summed E-state index contributed by atoms with van der Waals surface area (Å²) in [6, 6.07) is 12.5. The van der Waals surface area contributed by atoms with E-state index in [1.807, 2.05) is 0 Å². The van der Waals surface area contributed by atoms with Crippen LogP contribution in [0.15, 0.2) is 53.7 Å². The van der Waals surface area contributed by atoms with Gasteiger partial charge in [0.15, 0.2) is 5.71 Å². The first-order chi connectivity index (χ1) is 10.7. The van der Waals surface area contributed by atoms with Crippen LogP contribution >= 0.6 is 0 Å². The van der Waals surface area contributed by atoms with Gasteiger partial charge in [-0.1, -0.05) is 17.3 Å². The monoisotopic (exact) mass is 302 g/mol. The van der Waals surface area contributed by atoms with Crippen molar-refractivity contribution in [3.05, 3.63) is 59.9 Å². The van der Waals surface area contributed by atoms with Gasteiger partial charge in [-0.05, 0) is 36.4 Å². The number of benzene rings is 2. The van der Waals surface area contributed by atoms with Crippen LogP contribution in [0.1, 0.15) is 5.56 Å². The van der Waals surface area contributed by atoms with Gasteiger partial charge in [-0.2, -0.15) is 0 Å². The number of nitrogens with zero attached hydrogens (tertiary/aromatic N) is 1. The molecule has 2 aromatic carbocycles. The normalized spacial score (nSPS) is 11.0. The Balaban J connectivity index is 2.39. The summed E-state index contributed by atoms with van der Waals surface area (Å²) in [6.07, 6.45) is 0. The minimum Gasteiger partial charge on any atom is -0.457 e. The zero-order valence-electron chi connectivity index (χ0n) is 12.2. The summed E-state index contributed by atoms with van der Waals surface area (Å²) in [7, 11) is 2.85. The highest BCUT2D eigenvalue weighted by Crippen LogP contribution is 2.26. The molecule has 0 aliphatic heterocycles. The molecule has 0 saturated heterocycles. The average molecular weight is 302 g/mol. The second-order valence-corrected chi connectivity index (χ2v) is 4.25. The third-order valence-corrected chi connectivity index (χ3v) is 2.81. The third kappa shape index (κ3) is 3.60. The van der Waals surface area contributed by atoms with Gasteiger partial charge < -0.3 is 14.9 Å². The van der Waals surface area contributed by atoms with E-state index in [-0.39, 0.29) is 11.5 Å². The summed E-state index contributed by atoms with van der Waals surface area (Å²) in [5, 5.41) is 6.24. The SMILES string of the molecule is CNC(=O)C(=NOC)c1ccccc1Oc1ccc(F)cc1. The number of carbonyl (C=O) groups is 1. The molecule has 2 rings (SSSR count). The van der Waals surface area contributed by atoms with Crippen LogP contribution in [0.25, 0.3) is 0 Å². The van der Waals surface area contributed by atoms with Gasteiger partial charge in [0.1, 0.15) is 24.4 Å². The van der Waals surface area contributed by atoms with Gasteiger partial charge in [-0.3, -0.25) is 4.79 Å². The fourth-order valence-electron chi connectivity index (χ4n) is 1.80. The van der Waals surface area contributed by atoms with Crippen molar-refractivity contribution in [1.29, 1.82) is 0 Å². The van der Waals surface area contributed by atoms with Gasteiger partial charge in [0.2, 0.25) is 0 Å². The summed E-state index contributed by atoms with van der Waals surface area (Å²) >= 11 is 0. The Labute approximate surface area is 127 Å². The molecule has 0 atom stereocenters. The van der Waals surface area contributed by atoms with Gasteiger partial charge in [0.25, 0.3) is 5.91 Å². The van der Waals surface area contributed by atoms with Crippen molar-refractivity contribution in [2.75, 3.05) is 14.2 Å². The lowest BCUT2D eigenvalue weighted by Gasteiger charge is -2.12. The van der Waals surface area contributed by atoms with E-state index in [4.69, 9.17) is 9.57 Å². The van der Waals surface area contributed by atoms with E-state index >= 15 is 0 Å². The summed E-state index contributed by atoms with van der Waals surface area (Å²) < 4.78 is 18.6. The maximum atomic E-state index is 12.9. The van der Waals surface area contributed by atoms with Crippen LogP contribution in [0, 0.1) is 5.82 Å². The van der Waals surface area contributed by atoms with E-state index in [9.17, 15) is 9.18 Å². The number of rotatable bonds is 5. The number of nitrogens with one attached hydrogen (secondary N) is 1. The predicted molar refractivity (Wildman–Crippen MR) is 80.5 cm³/mol. The van der Waals surface area contributed by atoms with Crippen LogP contribution < -0.4 is 10.1 Å². The highest BCUT2D eigenvalue weighted by atomic mass is 19.1. The molecule has 0 fully saturated rings. The first-order valence-corrected chi connectivity index (χ1v) is 6.51. The molecule has 0 heterocycles. The van der Waals surface area contributed by atoms with Crippen molar-refractivity contribution < 1.29 is 18.8 Å². The molecule has 1 N–H and O–H groups in total. The van der Waals surface area contributed by atoms with E-state index in [0.717, 1.165) is 0 Å². The number of oxime groups is 1. The van der Waals surface area contributed by atoms with Crippen molar-refractivity contribution in [2.24, 2.45) is 5.16 Å². The Kier molecular flexibility index (Phi) is 5.08. The summed E-state index contributed by atoms with van der Waals surface area (Å²) in [4.78, 5) is 16.6. The molecule has 0 unspecified atom stereocenters. The predicted octanol–water partition coefficient (Wildman–Crippen LogP) is 2.71. The second-order valence-electron chi connectivity index (χ2n) is 4.25. The Hall–Kier alpha value is -2.89. The lowest BCUT2D eigenvalue weighted by Crippen LogP contribution is -2.28. The van der Waals surface area contributed by atoms with Gasteiger partial charge in [-0.25, -0.2) is 4.39 Å². The highest BCUT2D eigenvalue weighted by molar-refractivity contribution is 6.45. The van der Waals surface area contributed by atoms with Crippen molar-refractivity contribution in [3.8, 4) is 11.5 Å². The lowest BCUT2D eigenvalue weighted by molar-refractivity contribution is -0.114. The van der Waals surface area contributed by atoms with E-state index in [2.05, 4.69) is 10.5 Å². The number of hydrogen-bond acceptors (Lipinski definition) is 4. The van der Waals surface area contributed by atoms with E-state index in [1.165, 1.54) is 38.4 Å². The first-order valence-electron chi connectivity index (χ1n) is 6.51. The number of para-hydroxylation sites is 1. The standard InChI is InChI=1S/C16H15FN2O3/c1-18-16(20)15(19-21-2)13-5-3-4-6-14(13)22-12-9-7-11(17)8-10-12/h3-10H,1-2H3,(H,18,20). The molecular weight excluding hydrogens is 287 g/mol. The molecule has 2 aromatic rings. The van der Waals surface area contributed by atoms with E-state index in [1.54, 1.807) is 24.3 Å². The molecule has 0 spiro atoms. The Morgan fingerprint density at radius 1 is 1.14 bits per heavy atom. The van der Waals surface area contributed by atoms with Gasteiger partial charge in [0, 0.05) is 7.05 Å². The van der Waals surface area contributed by atoms with Gasteiger partial charge in [0.05, 0.1) is 5.56 Å². The van der Waals surface area contributed by atoms with Crippen LogP contribution in [-0.4, -0.2) is 25.8 Å². The quantitative estimate of drug-likeness (QED) is 0.682. The Morgan fingerprint density at radius 3 is 2.45 bits per heavy atom. The summed E-state index contributed by atoms with van der Waals surface area (Å²) in [6.45, 7) is 0. The molecule has 1 amide bonds. The smallest absolute Gasteiger partial charge is 0.273 e. The lowest BCUT2D eigenvalue weighted by atomic mass is 10.1. The van der Waals surface area contributed by atoms with E-state index < -0.39 is 5.91 Å². The van der Waals surface area contributed by atoms with Crippen molar-refractivity contribution in [1.82, 2.24) is 5.32 Å². The third-order valence-electron chi connectivity index (χ3n) is 2.81. The largest absolute Gasteiger partial charge is 0.457 e. The van der Waals surface area contributed by atoms with Crippen molar-refractivity contribution >= 4 is 11.6 Å². The number of amides is 1. The number of halogens is 1. The fourth-order valence-corrected chi connectivity index (χ4v) is 1.80. The van der Waals surface area contributed by atoms with Crippen LogP contribution in [-0.2, 0) is 9.63 Å². The van der Waals surface area contributed by atoms with Crippen molar-refractivity contribution in [3.63, 3.8) is 0 Å². The van der Waals surface area contributed by atoms with Crippen molar-refractivity contribution in [2.45, 2.75) is 0 Å². The molecule has 0 bridgehead atoms. The Morgan fingerprint density at radius 2 is 1.82 bits per heavy atom. The minimum absolute atomic E-state index is 0.0858. The average Bonchev–Trinajstić information content (AvgIpc) is 2.55. The molecule has 0 aliphatic carbocycles. The zero-order valence-corrected chi connectivity index (χ0v) is 12.2. The molecule has 5 nitrogen and oxygen atoms in total. The second kappa shape index (κ2) is 7.21. The minimum atomic E-state index is -0.406. The number of carbonyl (C=O) groups excluding carboxylic acids is 1. The maximum absolute atomic E-state index is 12.9. The molecule has 6 heteroatoms. The molecule has 0 aromatic heterocycles. The molecule has 0 saturated carbocycles. The molecule has 22 heavy (non-hydrogen) atoms. The summed E-state index contributed by atoms with van der Waals surface area (Å²) in [5.41, 5.74) is 0.552. The summed E-state index contributed by atoms with van der Waals surface area (Å²) in [5.74, 6) is 0.0978. The molecular formula is C16H15FN2O3. The number of likely N-dealkylation sites (N-methyl/N-ethyl adjacent to an activating group) is 1. The fraction of sp³-hybridized carbons (Fsp3) is 0.125. The van der Waals surface area contributed by atoms with Crippen LogP contribution in [0.3, 0.4) is 0 Å². The van der Waals surface area contributed by atoms with E-state index in [0.29, 0.717) is 17.1 Å². The van der Waals surface area contributed by atoms with Crippen LogP contribution in [0.2, 0.25) is 0 Å². The zero-order chi connectivity index (χ0) is 15.9. The van der Waals surface area contributed by atoms with Crippen LogP contribution in [0.5, 0.6) is 11.5 Å². The Bertz CT molecular complexity index is 684. The van der Waals surface area contributed by atoms with Gasteiger partial charge >= 0.3 is 0 Å². The van der Waals surface area contributed by atoms with Crippen LogP contribution in [0.4, 0.5) is 4.39 Å². The highest BCUT2D eigenvalue weighted by Gasteiger charge is 2.18. The number of ether oxygens (including phenoxy) is 1. The topological polar surface area (TPSA) is 59.9 Å².